The van der Waals surface area contributed by atoms with Gasteiger partial charge in [-0.3, -0.25) is 4.90 Å². The van der Waals surface area contributed by atoms with E-state index in [-0.39, 0.29) is 5.60 Å². The van der Waals surface area contributed by atoms with Gasteiger partial charge in [0.1, 0.15) is 22.8 Å². The zero-order chi connectivity index (χ0) is 24.0. The van der Waals surface area contributed by atoms with Crippen LogP contribution in [0.25, 0.3) is 20.4 Å². The first-order chi connectivity index (χ1) is 17.0. The molecule has 6 heterocycles. The van der Waals surface area contributed by atoms with Crippen molar-refractivity contribution in [2.45, 2.75) is 32.5 Å². The van der Waals surface area contributed by atoms with Crippen LogP contribution in [0.2, 0.25) is 0 Å². The van der Waals surface area contributed by atoms with Gasteiger partial charge in [0.25, 0.3) is 0 Å². The average Bonchev–Trinajstić information content (AvgIpc) is 3.24. The largest absolute Gasteiger partial charge is 0.379 e. The summed E-state index contributed by atoms with van der Waals surface area (Å²) in [6.45, 7) is 14.5. The van der Waals surface area contributed by atoms with Crippen molar-refractivity contribution >= 4 is 43.4 Å². The fourth-order valence-corrected chi connectivity index (χ4v) is 6.47. The van der Waals surface area contributed by atoms with Crippen LogP contribution >= 0.6 is 11.3 Å². The van der Waals surface area contributed by atoms with E-state index in [1.807, 2.05) is 0 Å². The van der Waals surface area contributed by atoms with Crippen LogP contribution in [0.15, 0.2) is 6.33 Å². The fourth-order valence-electron chi connectivity index (χ4n) is 5.35. The minimum atomic E-state index is -0.207. The first kappa shape index (κ1) is 23.3. The third kappa shape index (κ3) is 4.58. The molecule has 0 radical (unpaired) electrons. The predicted octanol–water partition coefficient (Wildman–Crippen LogP) is 2.59. The van der Waals surface area contributed by atoms with Gasteiger partial charge in [0.2, 0.25) is 0 Å². The standard InChI is InChI=1S/C25H35N7O2S/c1-25(2)14-17-18(15-34-25)23(32-8-6-30(3)7-9-32)29-24-19(17)20-21(35-24)22(28-16-27-20)26-4-5-31-10-12-33-13-11-31/h16H,4-15H2,1-3H3,(H,26,27,28). The van der Waals surface area contributed by atoms with Crippen molar-refractivity contribution in [3.8, 4) is 0 Å². The highest BCUT2D eigenvalue weighted by Crippen LogP contribution is 2.44. The molecule has 9 nitrogen and oxygen atoms in total. The Kier molecular flexibility index (Phi) is 6.26. The van der Waals surface area contributed by atoms with Crippen molar-refractivity contribution in [3.05, 3.63) is 17.5 Å². The third-order valence-electron chi connectivity index (χ3n) is 7.43. The summed E-state index contributed by atoms with van der Waals surface area (Å²) in [4.78, 5) is 22.9. The second kappa shape index (κ2) is 9.40. The lowest BCUT2D eigenvalue weighted by atomic mass is 9.90. The maximum Gasteiger partial charge on any atom is 0.147 e. The van der Waals surface area contributed by atoms with Gasteiger partial charge in [-0.15, -0.1) is 11.3 Å². The van der Waals surface area contributed by atoms with Gasteiger partial charge in [-0.2, -0.15) is 0 Å². The minimum Gasteiger partial charge on any atom is -0.379 e. The van der Waals surface area contributed by atoms with E-state index in [4.69, 9.17) is 19.4 Å². The fraction of sp³-hybridized carbons (Fsp3) is 0.640. The molecule has 10 heteroatoms. The van der Waals surface area contributed by atoms with E-state index in [2.05, 4.69) is 45.9 Å². The number of nitrogens with zero attached hydrogens (tertiary/aromatic N) is 6. The molecular weight excluding hydrogens is 462 g/mol. The number of rotatable bonds is 5. The van der Waals surface area contributed by atoms with E-state index in [9.17, 15) is 0 Å². The number of pyridine rings is 1. The number of hydrogen-bond acceptors (Lipinski definition) is 10. The molecular formula is C25H35N7O2S. The number of nitrogens with one attached hydrogen (secondary N) is 1. The summed E-state index contributed by atoms with van der Waals surface area (Å²) in [6, 6.07) is 0. The molecule has 3 aliphatic heterocycles. The van der Waals surface area contributed by atoms with E-state index in [1.165, 1.54) is 16.5 Å². The number of hydrogen-bond donors (Lipinski definition) is 1. The number of fused-ring (bicyclic) bond motifs is 5. The van der Waals surface area contributed by atoms with Gasteiger partial charge < -0.3 is 24.6 Å². The van der Waals surface area contributed by atoms with E-state index in [1.54, 1.807) is 17.7 Å². The molecule has 0 saturated carbocycles. The van der Waals surface area contributed by atoms with Crippen LogP contribution in [-0.4, -0.2) is 103 Å². The molecule has 0 aromatic carbocycles. The highest BCUT2D eigenvalue weighted by molar-refractivity contribution is 7.26. The van der Waals surface area contributed by atoms with E-state index < -0.39 is 0 Å². The molecule has 188 valence electrons. The Morgan fingerprint density at radius 3 is 2.66 bits per heavy atom. The molecule has 0 unspecified atom stereocenters. The summed E-state index contributed by atoms with van der Waals surface area (Å²) in [6.07, 6.45) is 2.55. The Balaban J connectivity index is 1.39. The summed E-state index contributed by atoms with van der Waals surface area (Å²) in [7, 11) is 2.19. The maximum atomic E-state index is 6.28. The second-order valence-corrected chi connectivity index (χ2v) is 11.5. The van der Waals surface area contributed by atoms with Crippen LogP contribution in [0.1, 0.15) is 25.0 Å². The quantitative estimate of drug-likeness (QED) is 0.572. The first-order valence-electron chi connectivity index (χ1n) is 12.7. The number of anilines is 2. The van der Waals surface area contributed by atoms with Crippen LogP contribution in [0, 0.1) is 0 Å². The van der Waals surface area contributed by atoms with Gasteiger partial charge in [-0.05, 0) is 26.5 Å². The van der Waals surface area contributed by atoms with Crippen molar-refractivity contribution in [2.24, 2.45) is 0 Å². The van der Waals surface area contributed by atoms with Gasteiger partial charge in [0, 0.05) is 69.7 Å². The van der Waals surface area contributed by atoms with E-state index in [0.29, 0.717) is 6.61 Å². The number of ether oxygens (including phenoxy) is 2. The van der Waals surface area contributed by atoms with Crippen LogP contribution in [0.5, 0.6) is 0 Å². The van der Waals surface area contributed by atoms with Crippen LogP contribution in [0.4, 0.5) is 11.6 Å². The van der Waals surface area contributed by atoms with Gasteiger partial charge in [-0.25, -0.2) is 15.0 Å². The van der Waals surface area contributed by atoms with Gasteiger partial charge in [0.05, 0.1) is 35.6 Å². The Labute approximate surface area is 210 Å². The SMILES string of the molecule is CN1CCN(c2nc3sc4c(NCCN5CCOCC5)ncnc4c3c3c2COC(C)(C)C3)CC1. The lowest BCUT2D eigenvalue weighted by Gasteiger charge is -2.38. The monoisotopic (exact) mass is 497 g/mol. The van der Waals surface area contributed by atoms with Crippen molar-refractivity contribution < 1.29 is 9.47 Å². The molecule has 35 heavy (non-hydrogen) atoms. The Hall–Kier alpha value is -2.11. The molecule has 3 aliphatic rings. The molecule has 0 amide bonds. The normalized spacial score (nSPS) is 21.5. The Morgan fingerprint density at radius 1 is 1.06 bits per heavy atom. The molecule has 0 bridgehead atoms. The zero-order valence-electron chi connectivity index (χ0n) is 21.0. The molecule has 0 atom stereocenters. The number of aromatic nitrogens is 3. The van der Waals surface area contributed by atoms with Crippen molar-refractivity contribution in [3.63, 3.8) is 0 Å². The summed E-state index contributed by atoms with van der Waals surface area (Å²) >= 11 is 1.72. The van der Waals surface area contributed by atoms with E-state index in [0.717, 1.165) is 98.7 Å². The van der Waals surface area contributed by atoms with Crippen molar-refractivity contribution in [1.29, 1.82) is 0 Å². The van der Waals surface area contributed by atoms with E-state index >= 15 is 0 Å². The maximum absolute atomic E-state index is 6.28. The topological polar surface area (TPSA) is 78.9 Å². The molecule has 3 aromatic rings. The summed E-state index contributed by atoms with van der Waals surface area (Å²) in [5.74, 6) is 2.00. The molecule has 0 spiro atoms. The van der Waals surface area contributed by atoms with Gasteiger partial charge >= 0.3 is 0 Å². The third-order valence-corrected chi connectivity index (χ3v) is 8.51. The van der Waals surface area contributed by atoms with Crippen LogP contribution < -0.4 is 10.2 Å². The molecule has 3 aromatic heterocycles. The number of likely N-dealkylation sites (N-methyl/N-ethyl adjacent to an activating group) is 1. The number of thiophene rings is 1. The lowest BCUT2D eigenvalue weighted by Crippen LogP contribution is -2.45. The summed E-state index contributed by atoms with van der Waals surface area (Å²) in [5, 5.41) is 4.77. The number of morpholine rings is 1. The minimum absolute atomic E-state index is 0.207. The molecule has 6 rings (SSSR count). The van der Waals surface area contributed by atoms with Gasteiger partial charge in [0.15, 0.2) is 0 Å². The van der Waals surface area contributed by atoms with Crippen LogP contribution in [-0.2, 0) is 22.5 Å². The van der Waals surface area contributed by atoms with Crippen LogP contribution in [0.3, 0.4) is 0 Å². The lowest BCUT2D eigenvalue weighted by molar-refractivity contribution is -0.0395. The first-order valence-corrected chi connectivity index (χ1v) is 13.5. The highest BCUT2D eigenvalue weighted by Gasteiger charge is 2.33. The summed E-state index contributed by atoms with van der Waals surface area (Å²) < 4.78 is 12.9. The molecule has 2 saturated heterocycles. The predicted molar refractivity (Wildman–Crippen MR) is 141 cm³/mol. The number of piperazine rings is 1. The summed E-state index contributed by atoms with van der Waals surface area (Å²) in [5.41, 5.74) is 3.40. The second-order valence-electron chi connectivity index (χ2n) is 10.5. The van der Waals surface area contributed by atoms with Gasteiger partial charge in [-0.1, -0.05) is 0 Å². The zero-order valence-corrected chi connectivity index (χ0v) is 21.8. The molecule has 1 N–H and O–H groups in total. The Bertz CT molecular complexity index is 1220. The molecule has 0 aliphatic carbocycles. The molecule has 2 fully saturated rings. The highest BCUT2D eigenvalue weighted by atomic mass is 32.1. The van der Waals surface area contributed by atoms with Crippen molar-refractivity contribution in [1.82, 2.24) is 24.8 Å². The smallest absolute Gasteiger partial charge is 0.147 e. The average molecular weight is 498 g/mol. The Morgan fingerprint density at radius 2 is 1.86 bits per heavy atom. The van der Waals surface area contributed by atoms with Crippen molar-refractivity contribution in [2.75, 3.05) is 82.8 Å².